The molecule has 0 heterocycles. The number of rotatable bonds is 2. The van der Waals surface area contributed by atoms with E-state index >= 15 is 0 Å². The van der Waals surface area contributed by atoms with Crippen molar-refractivity contribution in [2.24, 2.45) is 0 Å². The largest absolute Gasteiger partial charge is 0.371 e. The standard InChI is InChI=1S/C5H9I.Y/c1-3-5(6)4-2;/h1,3-4H2,2H3;/q-2;. The molecule has 0 unspecified atom stereocenters. The zero-order valence-corrected chi connectivity index (χ0v) is 9.57. The minimum absolute atomic E-state index is 0. The van der Waals surface area contributed by atoms with Gasteiger partial charge in [-0.15, -0.1) is 0 Å². The van der Waals surface area contributed by atoms with Crippen molar-refractivity contribution in [3.63, 3.8) is 0 Å². The SMILES string of the molecule is [CH2-]C[C-](I)CC.[Y]. The van der Waals surface area contributed by atoms with Gasteiger partial charge in [-0.1, -0.05) is 6.92 Å². The maximum atomic E-state index is 3.71. The van der Waals surface area contributed by atoms with Crippen molar-refractivity contribution in [1.82, 2.24) is 0 Å². The van der Waals surface area contributed by atoms with Crippen molar-refractivity contribution >= 4 is 22.6 Å². The first-order chi connectivity index (χ1) is 2.81. The summed E-state index contributed by atoms with van der Waals surface area (Å²) in [5.74, 6) is 0. The van der Waals surface area contributed by atoms with E-state index in [-0.39, 0.29) is 32.7 Å². The van der Waals surface area contributed by atoms with E-state index in [1.165, 1.54) is 10.3 Å². The second-order valence-electron chi connectivity index (χ2n) is 1.12. The molecular weight excluding hydrogens is 276 g/mol. The van der Waals surface area contributed by atoms with Gasteiger partial charge in [0.15, 0.2) is 0 Å². The molecule has 0 aliphatic heterocycles. The average Bonchev–Trinajstić information content (AvgIpc) is 1.65. The molecule has 1 radical (unpaired) electrons. The number of hydrogen-bond acceptors (Lipinski definition) is 0. The molecule has 0 saturated heterocycles. The van der Waals surface area contributed by atoms with Crippen molar-refractivity contribution in [1.29, 1.82) is 0 Å². The molecule has 2 heteroatoms. The molecule has 7 heavy (non-hydrogen) atoms. The Bertz CT molecular complexity index is 27.3. The molecular formula is C5H9IY-2. The van der Waals surface area contributed by atoms with Crippen molar-refractivity contribution in [3.8, 4) is 0 Å². The molecule has 0 aromatic heterocycles. The number of hydrogen-bond donors (Lipinski definition) is 0. The molecule has 0 saturated carbocycles. The fraction of sp³-hybridized carbons (Fsp3) is 0.600. The van der Waals surface area contributed by atoms with Gasteiger partial charge in [-0.3, -0.25) is 3.92 Å². The molecule has 0 N–H and O–H groups in total. The Labute approximate surface area is 84.8 Å². The molecule has 0 bridgehead atoms. The first-order valence-corrected chi connectivity index (χ1v) is 3.18. The third kappa shape index (κ3) is 7.83. The Morgan fingerprint density at radius 3 is 2.14 bits per heavy atom. The van der Waals surface area contributed by atoms with E-state index in [0.717, 1.165) is 6.42 Å². The Kier molecular flexibility index (Phi) is 13.0. The Morgan fingerprint density at radius 1 is 1.71 bits per heavy atom. The van der Waals surface area contributed by atoms with Gasteiger partial charge in [0.05, 0.1) is 0 Å². The summed E-state index contributed by atoms with van der Waals surface area (Å²) in [6.07, 6.45) is 2.15. The van der Waals surface area contributed by atoms with Crippen LogP contribution in [0.15, 0.2) is 0 Å². The summed E-state index contributed by atoms with van der Waals surface area (Å²) >= 11 is 2.32. The first kappa shape index (κ1) is 11.6. The minimum Gasteiger partial charge on any atom is -0.371 e. The molecule has 0 fully saturated rings. The second-order valence-corrected chi connectivity index (χ2v) is 2.65. The summed E-state index contributed by atoms with van der Waals surface area (Å²) in [5, 5.41) is 0. The summed E-state index contributed by atoms with van der Waals surface area (Å²) in [6.45, 7) is 5.86. The molecule has 0 aliphatic carbocycles. The molecule has 0 nitrogen and oxygen atoms in total. The van der Waals surface area contributed by atoms with E-state index in [1.54, 1.807) is 0 Å². The van der Waals surface area contributed by atoms with Crippen molar-refractivity contribution in [3.05, 3.63) is 10.8 Å². The van der Waals surface area contributed by atoms with Gasteiger partial charge in [0.2, 0.25) is 0 Å². The van der Waals surface area contributed by atoms with Crippen molar-refractivity contribution in [2.45, 2.75) is 19.8 Å². The van der Waals surface area contributed by atoms with Crippen molar-refractivity contribution in [2.75, 3.05) is 0 Å². The van der Waals surface area contributed by atoms with E-state index in [4.69, 9.17) is 0 Å². The van der Waals surface area contributed by atoms with Crippen LogP contribution in [0.25, 0.3) is 0 Å². The first-order valence-electron chi connectivity index (χ1n) is 2.10. The van der Waals surface area contributed by atoms with E-state index in [0.29, 0.717) is 0 Å². The van der Waals surface area contributed by atoms with E-state index in [2.05, 4.69) is 36.4 Å². The van der Waals surface area contributed by atoms with Gasteiger partial charge < -0.3 is 35.9 Å². The number of halogens is 1. The molecule has 0 atom stereocenters. The minimum atomic E-state index is 0. The normalized spacial score (nSPS) is 8.57. The topological polar surface area (TPSA) is 0 Å². The van der Waals surface area contributed by atoms with Crippen LogP contribution in [0.3, 0.4) is 0 Å². The van der Waals surface area contributed by atoms with Crippen LogP contribution in [0.5, 0.6) is 0 Å². The van der Waals surface area contributed by atoms with Crippen LogP contribution in [0, 0.1) is 10.8 Å². The third-order valence-corrected chi connectivity index (χ3v) is 1.96. The molecule has 41 valence electrons. The molecule has 0 spiro atoms. The fourth-order valence-electron chi connectivity index (χ4n) is 0.177. The molecule has 0 rings (SSSR count). The van der Waals surface area contributed by atoms with Crippen LogP contribution in [-0.2, 0) is 32.7 Å². The van der Waals surface area contributed by atoms with Crippen LogP contribution in [0.2, 0.25) is 0 Å². The van der Waals surface area contributed by atoms with Gasteiger partial charge in [-0.05, 0) is 0 Å². The fourth-order valence-corrected chi connectivity index (χ4v) is 0.177. The van der Waals surface area contributed by atoms with Crippen LogP contribution in [0.1, 0.15) is 19.8 Å². The zero-order valence-electron chi connectivity index (χ0n) is 4.58. The van der Waals surface area contributed by atoms with Crippen LogP contribution >= 0.6 is 22.6 Å². The Hall–Kier alpha value is 1.83. The third-order valence-electron chi connectivity index (χ3n) is 0.655. The maximum absolute atomic E-state index is 3.71. The summed E-state index contributed by atoms with van der Waals surface area (Å²) in [6, 6.07) is 0. The quantitative estimate of drug-likeness (QED) is 0.540. The molecule has 0 aromatic rings. The predicted molar refractivity (Wildman–Crippen MR) is 37.5 cm³/mol. The summed E-state index contributed by atoms with van der Waals surface area (Å²) in [7, 11) is 0. The van der Waals surface area contributed by atoms with Crippen LogP contribution in [0.4, 0.5) is 0 Å². The van der Waals surface area contributed by atoms with Crippen LogP contribution in [-0.4, -0.2) is 0 Å². The summed E-state index contributed by atoms with van der Waals surface area (Å²) in [5.41, 5.74) is 0. The molecule has 0 amide bonds. The zero-order chi connectivity index (χ0) is 4.99. The Balaban J connectivity index is 0. The van der Waals surface area contributed by atoms with Gasteiger partial charge >= 0.3 is 0 Å². The predicted octanol–water partition coefficient (Wildman–Crippen LogP) is 2.59. The van der Waals surface area contributed by atoms with Gasteiger partial charge in [-0.2, -0.15) is 6.42 Å². The smallest absolute Gasteiger partial charge is 0 e. The van der Waals surface area contributed by atoms with Gasteiger partial charge in [-0.25, -0.2) is 0 Å². The second kappa shape index (κ2) is 7.83. The van der Waals surface area contributed by atoms with Crippen molar-refractivity contribution < 1.29 is 32.7 Å². The van der Waals surface area contributed by atoms with Gasteiger partial charge in [0.1, 0.15) is 0 Å². The van der Waals surface area contributed by atoms with Gasteiger partial charge in [0, 0.05) is 32.7 Å². The van der Waals surface area contributed by atoms with E-state index in [9.17, 15) is 0 Å². The molecule has 0 aliphatic rings. The monoisotopic (exact) mass is 285 g/mol. The van der Waals surface area contributed by atoms with E-state index < -0.39 is 0 Å². The van der Waals surface area contributed by atoms with Gasteiger partial charge in [0.25, 0.3) is 0 Å². The summed E-state index contributed by atoms with van der Waals surface area (Å²) < 4.78 is 1.45. The molecule has 0 aromatic carbocycles. The maximum Gasteiger partial charge on any atom is 0 e. The van der Waals surface area contributed by atoms with Crippen LogP contribution < -0.4 is 0 Å². The summed E-state index contributed by atoms with van der Waals surface area (Å²) in [4.78, 5) is 0. The Morgan fingerprint density at radius 2 is 2.14 bits per heavy atom. The average molecular weight is 285 g/mol. The van der Waals surface area contributed by atoms with E-state index in [1.807, 2.05) is 0 Å².